The van der Waals surface area contributed by atoms with Crippen molar-refractivity contribution in [3.8, 4) is 0 Å². The molecule has 1 aliphatic heterocycles. The van der Waals surface area contributed by atoms with Gasteiger partial charge in [0, 0.05) is 12.8 Å². The highest BCUT2D eigenvalue weighted by atomic mass is 16.7. The van der Waals surface area contributed by atoms with E-state index >= 15 is 0 Å². The number of hydrogen-bond donors (Lipinski definition) is 5. The van der Waals surface area contributed by atoms with Crippen molar-refractivity contribution in [3.63, 3.8) is 0 Å². The van der Waals surface area contributed by atoms with Crippen LogP contribution in [0.25, 0.3) is 0 Å². The molecule has 8 nitrogen and oxygen atoms in total. The number of amides is 1. The number of unbranched alkanes of at least 4 members (excludes halogenated alkanes) is 32. The van der Waals surface area contributed by atoms with Crippen LogP contribution in [-0.4, -0.2) is 76.3 Å². The predicted molar refractivity (Wildman–Crippen MR) is 234 cm³/mol. The summed E-state index contributed by atoms with van der Waals surface area (Å²) in [5, 5.41) is 44.0. The first kappa shape index (κ1) is 53.2. The Morgan fingerprint density at radius 2 is 0.946 bits per heavy atom. The minimum Gasteiger partial charge on any atom is -0.394 e. The van der Waals surface area contributed by atoms with Gasteiger partial charge in [-0.05, 0) is 12.8 Å². The first-order chi connectivity index (χ1) is 27.4. The zero-order valence-electron chi connectivity index (χ0n) is 37.1. The van der Waals surface area contributed by atoms with E-state index in [1.54, 1.807) is 0 Å². The lowest BCUT2D eigenvalue weighted by atomic mass is 10.0. The van der Waals surface area contributed by atoms with E-state index in [9.17, 15) is 25.2 Å². The number of hydrogen-bond acceptors (Lipinski definition) is 7. The summed E-state index contributed by atoms with van der Waals surface area (Å²) in [4.78, 5) is 13.0. The third-order valence-electron chi connectivity index (χ3n) is 12.1. The average Bonchev–Trinajstić information content (AvgIpc) is 3.19. The maximum atomic E-state index is 13.0. The molecule has 334 valence electrons. The summed E-state index contributed by atoms with van der Waals surface area (Å²) in [6.45, 7) is 4.15. The van der Waals surface area contributed by atoms with Crippen LogP contribution in [0.4, 0.5) is 0 Å². The molecule has 8 heteroatoms. The van der Waals surface area contributed by atoms with Crippen molar-refractivity contribution in [3.05, 3.63) is 0 Å². The van der Waals surface area contributed by atoms with Crippen molar-refractivity contribution in [2.24, 2.45) is 0 Å². The Morgan fingerprint density at radius 1 is 0.589 bits per heavy atom. The van der Waals surface area contributed by atoms with Crippen LogP contribution >= 0.6 is 0 Å². The summed E-state index contributed by atoms with van der Waals surface area (Å²) in [6.07, 6.45) is 40.7. The smallest absolute Gasteiger partial charge is 0.220 e. The van der Waals surface area contributed by atoms with Crippen LogP contribution in [0.2, 0.25) is 0 Å². The molecular weight excluding hydrogens is 703 g/mol. The van der Waals surface area contributed by atoms with Gasteiger partial charge >= 0.3 is 0 Å². The Kier molecular flexibility index (Phi) is 37.7. The summed E-state index contributed by atoms with van der Waals surface area (Å²) < 4.78 is 11.5. The monoisotopic (exact) mass is 798 g/mol. The first-order valence-corrected chi connectivity index (χ1v) is 24.6. The van der Waals surface area contributed by atoms with Crippen molar-refractivity contribution < 1.29 is 34.7 Å². The zero-order chi connectivity index (χ0) is 40.7. The van der Waals surface area contributed by atoms with Gasteiger partial charge in [-0.2, -0.15) is 0 Å². The van der Waals surface area contributed by atoms with E-state index in [-0.39, 0.29) is 18.9 Å². The van der Waals surface area contributed by atoms with E-state index in [1.807, 2.05) is 0 Å². The molecule has 0 aromatic rings. The van der Waals surface area contributed by atoms with Gasteiger partial charge in [0.05, 0.1) is 31.5 Å². The fourth-order valence-electron chi connectivity index (χ4n) is 8.20. The molecule has 1 heterocycles. The molecule has 1 fully saturated rings. The Labute approximate surface area is 346 Å². The van der Waals surface area contributed by atoms with Crippen molar-refractivity contribution >= 4 is 5.91 Å². The van der Waals surface area contributed by atoms with E-state index in [0.29, 0.717) is 12.8 Å². The first-order valence-electron chi connectivity index (χ1n) is 24.6. The fourth-order valence-corrected chi connectivity index (χ4v) is 8.20. The van der Waals surface area contributed by atoms with Crippen LogP contribution in [0.3, 0.4) is 0 Å². The fraction of sp³-hybridized carbons (Fsp3) is 0.979. The largest absolute Gasteiger partial charge is 0.394 e. The highest BCUT2D eigenvalue weighted by molar-refractivity contribution is 5.76. The number of nitrogens with one attached hydrogen (secondary N) is 1. The molecule has 0 bridgehead atoms. The number of rotatable bonds is 42. The molecule has 1 rings (SSSR count). The van der Waals surface area contributed by atoms with Gasteiger partial charge in [0.1, 0.15) is 12.2 Å². The molecule has 0 aliphatic carbocycles. The summed E-state index contributed by atoms with van der Waals surface area (Å²) in [7, 11) is 0. The molecule has 5 N–H and O–H groups in total. The highest BCUT2D eigenvalue weighted by Gasteiger charge is 2.37. The van der Waals surface area contributed by atoms with Crippen LogP contribution in [-0.2, 0) is 14.3 Å². The number of aliphatic hydroxyl groups is 4. The van der Waals surface area contributed by atoms with E-state index in [1.165, 1.54) is 180 Å². The van der Waals surface area contributed by atoms with E-state index in [0.717, 1.165) is 38.5 Å². The highest BCUT2D eigenvalue weighted by Crippen LogP contribution is 2.22. The van der Waals surface area contributed by atoms with Gasteiger partial charge in [-0.1, -0.05) is 226 Å². The maximum absolute atomic E-state index is 13.0. The minimum atomic E-state index is -1.18. The molecule has 1 amide bonds. The molecule has 0 radical (unpaired) electrons. The van der Waals surface area contributed by atoms with E-state index < -0.39 is 43.4 Å². The van der Waals surface area contributed by atoms with Crippen LogP contribution in [0.15, 0.2) is 0 Å². The topological polar surface area (TPSA) is 128 Å². The summed E-state index contributed by atoms with van der Waals surface area (Å²) in [5.74, 6) is -0.0749. The molecule has 4 unspecified atom stereocenters. The van der Waals surface area contributed by atoms with Crippen LogP contribution < -0.4 is 5.32 Å². The summed E-state index contributed by atoms with van der Waals surface area (Å²) in [5.41, 5.74) is 0. The molecule has 1 aliphatic rings. The van der Waals surface area contributed by atoms with Crippen molar-refractivity contribution in [2.45, 2.75) is 288 Å². The van der Waals surface area contributed by atoms with E-state index in [4.69, 9.17) is 9.47 Å². The second-order valence-corrected chi connectivity index (χ2v) is 17.5. The number of carbonyl (C=O) groups is 1. The van der Waals surface area contributed by atoms with Gasteiger partial charge in [0.25, 0.3) is 0 Å². The number of ether oxygens (including phenoxy) is 2. The second kappa shape index (κ2) is 39.7. The predicted octanol–water partition coefficient (Wildman–Crippen LogP) is 11.8. The lowest BCUT2D eigenvalue weighted by molar-refractivity contribution is -0.259. The standard InChI is InChI=1S/C48H95NO7/c1-3-5-7-9-11-13-15-17-18-19-20-21-22-23-24-26-28-30-32-34-36-38-46(53)49-42(41-55-47-39-44(52)48(54)45(40-50)56-47)43(51)37-35-33-31-29-27-25-16-14-12-10-8-6-4-2/h42-45,47-48,50-52,54H,3-41H2,1-2H3,(H,49,53)/t42-,43+,44?,45?,47?,48?/m0/s1. The third kappa shape index (κ3) is 31.2. The molecule has 0 saturated carbocycles. The zero-order valence-corrected chi connectivity index (χ0v) is 37.1. The quantitative estimate of drug-likeness (QED) is 0.0389. The SMILES string of the molecule is CCCCCCCCCCCCCCCCCCCCCCCC(=O)N[C@@H](COC1CC(O)C(O)C(CO)O1)[C@H](O)CCCCCCCCCCCCCCC. The van der Waals surface area contributed by atoms with Gasteiger partial charge in [0.15, 0.2) is 6.29 Å². The Bertz CT molecular complexity index is 831. The van der Waals surface area contributed by atoms with Gasteiger partial charge in [0.2, 0.25) is 5.91 Å². The second-order valence-electron chi connectivity index (χ2n) is 17.5. The maximum Gasteiger partial charge on any atom is 0.220 e. The third-order valence-corrected chi connectivity index (χ3v) is 12.1. The van der Waals surface area contributed by atoms with Crippen LogP contribution in [0.1, 0.15) is 251 Å². The van der Waals surface area contributed by atoms with E-state index in [2.05, 4.69) is 19.2 Å². The molecule has 0 aromatic heterocycles. The molecule has 0 spiro atoms. The normalized spacial score (nSPS) is 19.7. The van der Waals surface area contributed by atoms with Crippen molar-refractivity contribution in [1.82, 2.24) is 5.32 Å². The van der Waals surface area contributed by atoms with Crippen molar-refractivity contribution in [2.75, 3.05) is 13.2 Å². The molecule has 56 heavy (non-hydrogen) atoms. The summed E-state index contributed by atoms with van der Waals surface area (Å²) in [6, 6.07) is -0.588. The van der Waals surface area contributed by atoms with Crippen LogP contribution in [0, 0.1) is 0 Å². The van der Waals surface area contributed by atoms with Crippen LogP contribution in [0.5, 0.6) is 0 Å². The van der Waals surface area contributed by atoms with Gasteiger partial charge < -0.3 is 35.2 Å². The Balaban J connectivity index is 2.19. The minimum absolute atomic E-state index is 0.0380. The van der Waals surface area contributed by atoms with Gasteiger partial charge in [-0.3, -0.25) is 4.79 Å². The van der Waals surface area contributed by atoms with Crippen molar-refractivity contribution in [1.29, 1.82) is 0 Å². The van der Waals surface area contributed by atoms with Gasteiger partial charge in [-0.15, -0.1) is 0 Å². The molecular formula is C48H95NO7. The summed E-state index contributed by atoms with van der Waals surface area (Å²) >= 11 is 0. The average molecular weight is 798 g/mol. The molecule has 6 atom stereocenters. The molecule has 1 saturated heterocycles. The Morgan fingerprint density at radius 3 is 1.32 bits per heavy atom. The van der Waals surface area contributed by atoms with Gasteiger partial charge in [-0.25, -0.2) is 0 Å². The lowest BCUT2D eigenvalue weighted by Gasteiger charge is -2.37. The Hall–Kier alpha value is -0.770. The number of carbonyl (C=O) groups excluding carboxylic acids is 1. The molecule has 0 aromatic carbocycles. The lowest BCUT2D eigenvalue weighted by Crippen LogP contribution is -2.52. The number of aliphatic hydroxyl groups excluding tert-OH is 4.